The number of rotatable bonds is 5. The molecule has 0 aliphatic carbocycles. The van der Waals surface area contributed by atoms with Gasteiger partial charge in [-0.1, -0.05) is 16.8 Å². The predicted octanol–water partition coefficient (Wildman–Crippen LogP) is 1.41. The van der Waals surface area contributed by atoms with Crippen LogP contribution in [0.2, 0.25) is 5.15 Å². The van der Waals surface area contributed by atoms with Crippen molar-refractivity contribution in [2.45, 2.75) is 12.5 Å². The molecule has 8 heteroatoms. The van der Waals surface area contributed by atoms with E-state index in [0.717, 1.165) is 5.56 Å². The van der Waals surface area contributed by atoms with Crippen molar-refractivity contribution < 1.29 is 9.53 Å². The zero-order chi connectivity index (χ0) is 15.5. The molecule has 0 unspecified atom stereocenters. The third-order valence-electron chi connectivity index (χ3n) is 3.67. The van der Waals surface area contributed by atoms with Gasteiger partial charge in [0.1, 0.15) is 10.8 Å². The number of carbonyl (C=O) groups excluding carboxylic acids is 1. The largest absolute Gasteiger partial charge is 0.383 e. The minimum Gasteiger partial charge on any atom is -0.383 e. The summed E-state index contributed by atoms with van der Waals surface area (Å²) >= 11 is 5.78. The van der Waals surface area contributed by atoms with Crippen molar-refractivity contribution in [3.63, 3.8) is 0 Å². The molecule has 3 rings (SSSR count). The first kappa shape index (κ1) is 14.9. The van der Waals surface area contributed by atoms with Crippen LogP contribution in [-0.2, 0) is 9.53 Å². The summed E-state index contributed by atoms with van der Waals surface area (Å²) in [6, 6.07) is 3.56. The van der Waals surface area contributed by atoms with Crippen molar-refractivity contribution in [1.29, 1.82) is 0 Å². The van der Waals surface area contributed by atoms with Crippen LogP contribution in [0.15, 0.2) is 24.5 Å². The molecular formula is C14H16ClN5O2. The number of methoxy groups -OCH3 is 1. The number of halogens is 1. The minimum atomic E-state index is 0.00543. The predicted molar refractivity (Wildman–Crippen MR) is 80.4 cm³/mol. The maximum Gasteiger partial charge on any atom is 0.224 e. The fourth-order valence-corrected chi connectivity index (χ4v) is 2.57. The van der Waals surface area contributed by atoms with Gasteiger partial charge in [0.15, 0.2) is 0 Å². The van der Waals surface area contributed by atoms with E-state index >= 15 is 0 Å². The number of carbonyl (C=O) groups is 1. The molecule has 2 aromatic heterocycles. The molecule has 3 heterocycles. The van der Waals surface area contributed by atoms with Gasteiger partial charge in [0.2, 0.25) is 5.91 Å². The van der Waals surface area contributed by atoms with Crippen LogP contribution in [0.4, 0.5) is 0 Å². The van der Waals surface area contributed by atoms with E-state index in [4.69, 9.17) is 16.3 Å². The van der Waals surface area contributed by atoms with Gasteiger partial charge in [-0.3, -0.25) is 4.79 Å². The third-order valence-corrected chi connectivity index (χ3v) is 3.89. The van der Waals surface area contributed by atoms with Crippen LogP contribution in [0.1, 0.15) is 12.5 Å². The van der Waals surface area contributed by atoms with E-state index in [1.807, 2.05) is 12.3 Å². The SMILES string of the molecule is COCCN1C[C@H](n2cc(-c3ccc(Cl)nc3)nn2)CC1=O. The molecule has 0 radical (unpaired) electrons. The van der Waals surface area contributed by atoms with Gasteiger partial charge in [-0.15, -0.1) is 5.10 Å². The molecule has 2 aromatic rings. The average molecular weight is 322 g/mol. The number of pyridine rings is 1. The second-order valence-electron chi connectivity index (χ2n) is 5.14. The standard InChI is InChI=1S/C14H16ClN5O2/c1-22-5-4-19-8-11(6-14(19)21)20-9-12(17-18-20)10-2-3-13(15)16-7-10/h2-3,7,9,11H,4-6,8H2,1H3/t11-/m1/s1. The zero-order valence-corrected chi connectivity index (χ0v) is 12.9. The Morgan fingerprint density at radius 3 is 3.05 bits per heavy atom. The fourth-order valence-electron chi connectivity index (χ4n) is 2.46. The quantitative estimate of drug-likeness (QED) is 0.779. The number of likely N-dealkylation sites (tertiary alicyclic amines) is 1. The molecule has 116 valence electrons. The van der Waals surface area contributed by atoms with E-state index in [2.05, 4.69) is 15.3 Å². The maximum atomic E-state index is 12.0. The third kappa shape index (κ3) is 3.10. The van der Waals surface area contributed by atoms with Gasteiger partial charge < -0.3 is 9.64 Å². The van der Waals surface area contributed by atoms with Crippen LogP contribution in [0.3, 0.4) is 0 Å². The van der Waals surface area contributed by atoms with Gasteiger partial charge >= 0.3 is 0 Å². The van der Waals surface area contributed by atoms with Crippen molar-refractivity contribution in [3.05, 3.63) is 29.7 Å². The summed E-state index contributed by atoms with van der Waals surface area (Å²) in [5.41, 5.74) is 1.56. The lowest BCUT2D eigenvalue weighted by molar-refractivity contribution is -0.128. The van der Waals surface area contributed by atoms with E-state index in [1.165, 1.54) is 0 Å². The first-order valence-electron chi connectivity index (χ1n) is 6.98. The van der Waals surface area contributed by atoms with E-state index in [1.54, 1.807) is 29.0 Å². The van der Waals surface area contributed by atoms with Crippen LogP contribution < -0.4 is 0 Å². The van der Waals surface area contributed by atoms with Gasteiger partial charge in [0, 0.05) is 32.0 Å². The lowest BCUT2D eigenvalue weighted by Gasteiger charge is -2.15. The topological polar surface area (TPSA) is 73.1 Å². The van der Waals surface area contributed by atoms with E-state index in [-0.39, 0.29) is 11.9 Å². The Labute approximate surface area is 132 Å². The number of nitrogens with zero attached hydrogens (tertiary/aromatic N) is 5. The highest BCUT2D eigenvalue weighted by atomic mass is 35.5. The van der Waals surface area contributed by atoms with Crippen molar-refractivity contribution in [1.82, 2.24) is 24.9 Å². The molecule has 1 aliphatic heterocycles. The highest BCUT2D eigenvalue weighted by Gasteiger charge is 2.31. The molecule has 0 N–H and O–H groups in total. The minimum absolute atomic E-state index is 0.00543. The maximum absolute atomic E-state index is 12.0. The highest BCUT2D eigenvalue weighted by Crippen LogP contribution is 2.24. The molecule has 0 aromatic carbocycles. The summed E-state index contributed by atoms with van der Waals surface area (Å²) in [7, 11) is 1.63. The van der Waals surface area contributed by atoms with E-state index < -0.39 is 0 Å². The van der Waals surface area contributed by atoms with Gasteiger partial charge in [0.05, 0.1) is 25.3 Å². The molecule has 1 aliphatic rings. The summed E-state index contributed by atoms with van der Waals surface area (Å²) in [6.45, 7) is 1.77. The summed E-state index contributed by atoms with van der Waals surface area (Å²) < 4.78 is 6.76. The molecule has 1 fully saturated rings. The van der Waals surface area contributed by atoms with Crippen LogP contribution in [-0.4, -0.2) is 57.6 Å². The number of amides is 1. The van der Waals surface area contributed by atoms with Crippen LogP contribution in [0.5, 0.6) is 0 Å². The summed E-state index contributed by atoms with van der Waals surface area (Å²) in [6.07, 6.45) is 3.93. The molecule has 7 nitrogen and oxygen atoms in total. The van der Waals surface area contributed by atoms with Crippen molar-refractivity contribution in [2.24, 2.45) is 0 Å². The Morgan fingerprint density at radius 2 is 2.32 bits per heavy atom. The molecule has 0 spiro atoms. The van der Waals surface area contributed by atoms with E-state index in [9.17, 15) is 4.79 Å². The van der Waals surface area contributed by atoms with Crippen LogP contribution >= 0.6 is 11.6 Å². The Balaban J connectivity index is 1.72. The first-order valence-corrected chi connectivity index (χ1v) is 7.35. The molecular weight excluding hydrogens is 306 g/mol. The van der Waals surface area contributed by atoms with Crippen molar-refractivity contribution in [3.8, 4) is 11.3 Å². The number of ether oxygens (including phenoxy) is 1. The number of aromatic nitrogens is 4. The van der Waals surface area contributed by atoms with Gasteiger partial charge in [-0.2, -0.15) is 0 Å². The molecule has 1 amide bonds. The Kier molecular flexibility index (Phi) is 4.35. The van der Waals surface area contributed by atoms with Crippen LogP contribution in [0, 0.1) is 0 Å². The van der Waals surface area contributed by atoms with Crippen LogP contribution in [0.25, 0.3) is 11.3 Å². The Bertz CT molecular complexity index is 658. The Morgan fingerprint density at radius 1 is 1.45 bits per heavy atom. The summed E-state index contributed by atoms with van der Waals surface area (Å²) in [5.74, 6) is 0.118. The van der Waals surface area contributed by atoms with Crippen molar-refractivity contribution in [2.75, 3.05) is 26.8 Å². The van der Waals surface area contributed by atoms with E-state index in [0.29, 0.717) is 37.0 Å². The number of hydrogen-bond acceptors (Lipinski definition) is 5. The zero-order valence-electron chi connectivity index (χ0n) is 12.1. The molecule has 1 atom stereocenters. The van der Waals surface area contributed by atoms with Crippen molar-refractivity contribution >= 4 is 17.5 Å². The highest BCUT2D eigenvalue weighted by molar-refractivity contribution is 6.29. The number of hydrogen-bond donors (Lipinski definition) is 0. The monoisotopic (exact) mass is 321 g/mol. The average Bonchev–Trinajstić information content (AvgIpc) is 3.13. The molecule has 1 saturated heterocycles. The molecule has 22 heavy (non-hydrogen) atoms. The normalized spacial score (nSPS) is 18.2. The second-order valence-corrected chi connectivity index (χ2v) is 5.53. The molecule has 0 saturated carbocycles. The lowest BCUT2D eigenvalue weighted by Crippen LogP contribution is -2.29. The van der Waals surface area contributed by atoms with Gasteiger partial charge in [-0.05, 0) is 12.1 Å². The smallest absolute Gasteiger partial charge is 0.224 e. The van der Waals surface area contributed by atoms with Gasteiger partial charge in [0.25, 0.3) is 0 Å². The summed E-state index contributed by atoms with van der Waals surface area (Å²) in [5, 5.41) is 8.73. The summed E-state index contributed by atoms with van der Waals surface area (Å²) in [4.78, 5) is 17.8. The fraction of sp³-hybridized carbons (Fsp3) is 0.429. The first-order chi connectivity index (χ1) is 10.7. The second kappa shape index (κ2) is 6.41. The molecule has 0 bridgehead atoms. The van der Waals surface area contributed by atoms with Gasteiger partial charge in [-0.25, -0.2) is 9.67 Å². The lowest BCUT2D eigenvalue weighted by atomic mass is 10.2. The Hall–Kier alpha value is -1.99.